The van der Waals surface area contributed by atoms with Gasteiger partial charge in [0, 0.05) is 0 Å². The molecular formula is C19H16O2S. The predicted octanol–water partition coefficient (Wildman–Crippen LogP) is 4.13. The van der Waals surface area contributed by atoms with Crippen LogP contribution in [0.3, 0.4) is 0 Å². The second-order valence-corrected chi connectivity index (χ2v) is 5.83. The van der Waals surface area contributed by atoms with Crippen LogP contribution in [0.15, 0.2) is 66.2 Å². The van der Waals surface area contributed by atoms with Gasteiger partial charge in [-0.3, -0.25) is 0 Å². The molecule has 0 saturated heterocycles. The molecule has 1 atom stereocenters. The molecule has 0 bridgehead atoms. The number of thiocarbonyl (C=S) groups is 1. The van der Waals surface area contributed by atoms with E-state index in [-0.39, 0.29) is 11.0 Å². The average molecular weight is 308 g/mol. The summed E-state index contributed by atoms with van der Waals surface area (Å²) in [5.41, 5.74) is 4.18. The lowest BCUT2D eigenvalue weighted by molar-refractivity contribution is -0.139. The van der Waals surface area contributed by atoms with Gasteiger partial charge in [-0.2, -0.15) is 0 Å². The van der Waals surface area contributed by atoms with Crippen LogP contribution < -0.4 is 0 Å². The zero-order valence-corrected chi connectivity index (χ0v) is 13.1. The van der Waals surface area contributed by atoms with Crippen molar-refractivity contribution in [2.45, 2.75) is 19.4 Å². The molecular weight excluding hydrogens is 292 g/mol. The third kappa shape index (κ3) is 3.15. The molecule has 3 heteroatoms. The van der Waals surface area contributed by atoms with Crippen molar-refractivity contribution in [1.29, 1.82) is 0 Å². The molecule has 1 aliphatic heterocycles. The molecule has 2 nitrogen and oxygen atoms in total. The molecule has 22 heavy (non-hydrogen) atoms. The molecule has 0 spiro atoms. The van der Waals surface area contributed by atoms with Crippen molar-refractivity contribution in [2.24, 2.45) is 0 Å². The van der Waals surface area contributed by atoms with E-state index in [4.69, 9.17) is 17.0 Å². The van der Waals surface area contributed by atoms with Gasteiger partial charge in [-0.15, -0.1) is 0 Å². The average Bonchev–Trinajstić information content (AvgIpc) is 2.54. The van der Waals surface area contributed by atoms with Crippen LogP contribution in [-0.4, -0.2) is 10.8 Å². The molecule has 110 valence electrons. The van der Waals surface area contributed by atoms with Crippen molar-refractivity contribution in [1.82, 2.24) is 0 Å². The van der Waals surface area contributed by atoms with Crippen molar-refractivity contribution < 1.29 is 9.53 Å². The largest absolute Gasteiger partial charge is 0.449 e. The van der Waals surface area contributed by atoms with E-state index in [2.05, 4.69) is 31.2 Å². The Labute approximate surface area is 135 Å². The standard InChI is InChI=1S/C19H16O2S/c1-13-7-9-14(10-8-13)11-16-12-17(21-19(20)18(16)22)15-5-3-2-4-6-15/h2-10,12,17H,11H2,1H3. The molecule has 0 fully saturated rings. The van der Waals surface area contributed by atoms with Gasteiger partial charge >= 0.3 is 5.97 Å². The summed E-state index contributed by atoms with van der Waals surface area (Å²) in [6.45, 7) is 2.05. The van der Waals surface area contributed by atoms with E-state index < -0.39 is 5.97 Å². The first-order chi connectivity index (χ1) is 10.6. The van der Waals surface area contributed by atoms with Crippen LogP contribution in [0.25, 0.3) is 0 Å². The maximum Gasteiger partial charge on any atom is 0.350 e. The molecule has 1 unspecified atom stereocenters. The number of carbonyl (C=O) groups is 1. The van der Waals surface area contributed by atoms with E-state index in [9.17, 15) is 4.79 Å². The maximum atomic E-state index is 12.0. The number of ether oxygens (including phenoxy) is 1. The Bertz CT molecular complexity index is 730. The van der Waals surface area contributed by atoms with Gasteiger partial charge in [0.15, 0.2) is 0 Å². The second kappa shape index (κ2) is 6.24. The molecule has 0 aromatic heterocycles. The quantitative estimate of drug-likeness (QED) is 0.630. The summed E-state index contributed by atoms with van der Waals surface area (Å²) in [5.74, 6) is -0.409. The van der Waals surface area contributed by atoms with Crippen molar-refractivity contribution >= 4 is 23.1 Å². The Hall–Kier alpha value is -2.26. The SMILES string of the molecule is Cc1ccc(CC2=CC(c3ccccc3)OC(=O)C2=S)cc1. The van der Waals surface area contributed by atoms with Gasteiger partial charge < -0.3 is 4.74 Å². The summed E-state index contributed by atoms with van der Waals surface area (Å²) in [6.07, 6.45) is 2.25. The molecule has 0 aliphatic carbocycles. The van der Waals surface area contributed by atoms with Crippen LogP contribution >= 0.6 is 12.2 Å². The van der Waals surface area contributed by atoms with Crippen molar-refractivity contribution in [3.8, 4) is 0 Å². The van der Waals surface area contributed by atoms with Gasteiger partial charge in [0.25, 0.3) is 0 Å². The minimum atomic E-state index is -0.409. The Morgan fingerprint density at radius 3 is 2.41 bits per heavy atom. The van der Waals surface area contributed by atoms with E-state index in [1.165, 1.54) is 5.56 Å². The molecule has 1 aliphatic rings. The molecule has 0 radical (unpaired) electrons. The first-order valence-corrected chi connectivity index (χ1v) is 7.61. The Morgan fingerprint density at radius 2 is 1.73 bits per heavy atom. The molecule has 3 rings (SSSR count). The smallest absolute Gasteiger partial charge is 0.350 e. The van der Waals surface area contributed by atoms with Crippen LogP contribution in [0.1, 0.15) is 22.8 Å². The van der Waals surface area contributed by atoms with Crippen molar-refractivity contribution in [3.63, 3.8) is 0 Å². The highest BCUT2D eigenvalue weighted by Crippen LogP contribution is 2.27. The lowest BCUT2D eigenvalue weighted by Crippen LogP contribution is -2.26. The Kier molecular flexibility index (Phi) is 4.16. The zero-order valence-electron chi connectivity index (χ0n) is 12.3. The highest BCUT2D eigenvalue weighted by atomic mass is 32.1. The number of cyclic esters (lactones) is 1. The summed E-state index contributed by atoms with van der Waals surface area (Å²) in [4.78, 5) is 12.3. The number of hydrogen-bond donors (Lipinski definition) is 0. The van der Waals surface area contributed by atoms with E-state index in [0.29, 0.717) is 6.42 Å². The summed E-state index contributed by atoms with van der Waals surface area (Å²) in [5, 5.41) is 0. The third-order valence-corrected chi connectivity index (χ3v) is 4.14. The highest BCUT2D eigenvalue weighted by molar-refractivity contribution is 7.82. The van der Waals surface area contributed by atoms with Crippen LogP contribution in [-0.2, 0) is 16.0 Å². The first-order valence-electron chi connectivity index (χ1n) is 7.20. The van der Waals surface area contributed by atoms with E-state index >= 15 is 0 Å². The summed E-state index contributed by atoms with van der Waals surface area (Å²) < 4.78 is 5.42. The van der Waals surface area contributed by atoms with Gasteiger partial charge in [0.1, 0.15) is 11.0 Å². The fourth-order valence-electron chi connectivity index (χ4n) is 2.46. The molecule has 0 saturated carbocycles. The Balaban J connectivity index is 1.89. The molecule has 1 heterocycles. The van der Waals surface area contributed by atoms with Crippen LogP contribution in [0, 0.1) is 6.92 Å². The minimum absolute atomic E-state index is 0.285. The van der Waals surface area contributed by atoms with Gasteiger partial charge in [0.2, 0.25) is 0 Å². The maximum absolute atomic E-state index is 12.0. The van der Waals surface area contributed by atoms with Crippen molar-refractivity contribution in [2.75, 3.05) is 0 Å². The van der Waals surface area contributed by atoms with E-state index in [1.54, 1.807) is 0 Å². The highest BCUT2D eigenvalue weighted by Gasteiger charge is 2.27. The number of aryl methyl sites for hydroxylation is 1. The van der Waals surface area contributed by atoms with Gasteiger partial charge in [0.05, 0.1) is 0 Å². The van der Waals surface area contributed by atoms with Gasteiger partial charge in [-0.05, 0) is 36.1 Å². The van der Waals surface area contributed by atoms with Crippen LogP contribution in [0.4, 0.5) is 0 Å². The normalized spacial score (nSPS) is 17.9. The van der Waals surface area contributed by atoms with Crippen LogP contribution in [0.2, 0.25) is 0 Å². The minimum Gasteiger partial charge on any atom is -0.449 e. The molecule has 0 N–H and O–H groups in total. The topological polar surface area (TPSA) is 26.3 Å². The number of carbonyl (C=O) groups excluding carboxylic acids is 1. The van der Waals surface area contributed by atoms with Gasteiger partial charge in [-0.25, -0.2) is 4.79 Å². The molecule has 0 amide bonds. The Morgan fingerprint density at radius 1 is 1.05 bits per heavy atom. The van der Waals surface area contributed by atoms with E-state index in [1.807, 2.05) is 36.4 Å². The lowest BCUT2D eigenvalue weighted by atomic mass is 9.96. The summed E-state index contributed by atoms with van der Waals surface area (Å²) in [6, 6.07) is 18.0. The summed E-state index contributed by atoms with van der Waals surface area (Å²) in [7, 11) is 0. The number of rotatable bonds is 3. The fraction of sp³-hybridized carbons (Fsp3) is 0.158. The summed E-state index contributed by atoms with van der Waals surface area (Å²) >= 11 is 5.23. The van der Waals surface area contributed by atoms with Crippen molar-refractivity contribution in [3.05, 3.63) is 82.9 Å². The number of benzene rings is 2. The van der Waals surface area contributed by atoms with Gasteiger partial charge in [-0.1, -0.05) is 72.4 Å². The van der Waals surface area contributed by atoms with E-state index in [0.717, 1.165) is 16.7 Å². The lowest BCUT2D eigenvalue weighted by Gasteiger charge is -2.22. The number of esters is 1. The third-order valence-electron chi connectivity index (χ3n) is 3.71. The van der Waals surface area contributed by atoms with Crippen LogP contribution in [0.5, 0.6) is 0 Å². The second-order valence-electron chi connectivity index (χ2n) is 5.42. The molecule has 2 aromatic carbocycles. The zero-order chi connectivity index (χ0) is 15.5. The fourth-order valence-corrected chi connectivity index (χ4v) is 2.65. The molecule has 2 aromatic rings. The predicted molar refractivity (Wildman–Crippen MR) is 90.8 cm³/mol. The number of hydrogen-bond acceptors (Lipinski definition) is 3. The first kappa shape index (κ1) is 14.7. The monoisotopic (exact) mass is 308 g/mol.